The number of halogens is 1. The molecule has 0 aliphatic carbocycles. The molecule has 0 aliphatic heterocycles. The summed E-state index contributed by atoms with van der Waals surface area (Å²) >= 11 is 0. The Morgan fingerprint density at radius 3 is 2.62 bits per heavy atom. The third kappa shape index (κ3) is 3.71. The normalized spacial score (nSPS) is 11.3. The lowest BCUT2D eigenvalue weighted by Gasteiger charge is -2.11. The van der Waals surface area contributed by atoms with E-state index in [9.17, 15) is 12.8 Å². The molecule has 0 aliphatic rings. The molecule has 7 heteroatoms. The molecule has 2 aromatic rings. The number of nitrogen functional groups attached to an aromatic ring is 1. The first kappa shape index (κ1) is 15.3. The summed E-state index contributed by atoms with van der Waals surface area (Å²) in [6.45, 7) is 0.338. The second-order valence-electron chi connectivity index (χ2n) is 4.44. The SMILES string of the molecule is CNS(=O)(=O)c1ccc(N)c(NCc2cccc(F)c2)c1. The molecular weight excluding hydrogens is 293 g/mol. The van der Waals surface area contributed by atoms with E-state index in [0.29, 0.717) is 17.9 Å². The Hall–Kier alpha value is -2.12. The quantitative estimate of drug-likeness (QED) is 0.737. The van der Waals surface area contributed by atoms with Gasteiger partial charge in [-0.25, -0.2) is 17.5 Å². The maximum atomic E-state index is 13.1. The van der Waals surface area contributed by atoms with Gasteiger partial charge in [-0.2, -0.15) is 0 Å². The number of rotatable bonds is 5. The monoisotopic (exact) mass is 309 g/mol. The lowest BCUT2D eigenvalue weighted by molar-refractivity contribution is 0.588. The fourth-order valence-corrected chi connectivity index (χ4v) is 2.57. The third-order valence-corrected chi connectivity index (χ3v) is 4.39. The minimum Gasteiger partial charge on any atom is -0.397 e. The van der Waals surface area contributed by atoms with Gasteiger partial charge in [-0.05, 0) is 42.9 Å². The number of benzene rings is 2. The van der Waals surface area contributed by atoms with E-state index in [1.807, 2.05) is 0 Å². The zero-order valence-corrected chi connectivity index (χ0v) is 12.2. The standard InChI is InChI=1S/C14H16FN3O2S/c1-17-21(19,20)12-5-6-13(16)14(8-12)18-9-10-3-2-4-11(15)7-10/h2-8,17-18H,9,16H2,1H3. The lowest BCUT2D eigenvalue weighted by Crippen LogP contribution is -2.18. The predicted octanol–water partition coefficient (Wildman–Crippen LogP) is 1.93. The summed E-state index contributed by atoms with van der Waals surface area (Å²) < 4.78 is 38.8. The van der Waals surface area contributed by atoms with Gasteiger partial charge in [-0.3, -0.25) is 0 Å². The number of anilines is 2. The molecule has 0 atom stereocenters. The largest absolute Gasteiger partial charge is 0.397 e. The Morgan fingerprint density at radius 2 is 1.95 bits per heavy atom. The highest BCUT2D eigenvalue weighted by Crippen LogP contribution is 2.23. The van der Waals surface area contributed by atoms with Crippen LogP contribution in [-0.4, -0.2) is 15.5 Å². The average molecular weight is 309 g/mol. The average Bonchev–Trinajstić information content (AvgIpc) is 2.46. The smallest absolute Gasteiger partial charge is 0.240 e. The first-order valence-electron chi connectivity index (χ1n) is 6.24. The Balaban J connectivity index is 2.22. The van der Waals surface area contributed by atoms with Crippen LogP contribution in [0.3, 0.4) is 0 Å². The molecule has 21 heavy (non-hydrogen) atoms. The van der Waals surface area contributed by atoms with E-state index in [4.69, 9.17) is 5.73 Å². The summed E-state index contributed by atoms with van der Waals surface area (Å²) in [4.78, 5) is 0.112. The molecule has 2 rings (SSSR count). The number of nitrogens with one attached hydrogen (secondary N) is 2. The van der Waals surface area contributed by atoms with Gasteiger partial charge in [-0.15, -0.1) is 0 Å². The van der Waals surface area contributed by atoms with Crippen LogP contribution in [0.5, 0.6) is 0 Å². The van der Waals surface area contributed by atoms with E-state index < -0.39 is 10.0 Å². The lowest BCUT2D eigenvalue weighted by atomic mass is 10.2. The highest BCUT2D eigenvalue weighted by atomic mass is 32.2. The zero-order chi connectivity index (χ0) is 15.5. The summed E-state index contributed by atoms with van der Waals surface area (Å²) in [6, 6.07) is 10.5. The highest BCUT2D eigenvalue weighted by Gasteiger charge is 2.13. The van der Waals surface area contributed by atoms with Crippen LogP contribution in [0.1, 0.15) is 5.56 Å². The molecule has 0 fully saturated rings. The summed E-state index contributed by atoms with van der Waals surface area (Å²) in [5.74, 6) is -0.325. The number of sulfonamides is 1. The van der Waals surface area contributed by atoms with Gasteiger partial charge in [-0.1, -0.05) is 12.1 Å². The van der Waals surface area contributed by atoms with Crippen molar-refractivity contribution in [2.45, 2.75) is 11.4 Å². The summed E-state index contributed by atoms with van der Waals surface area (Å²) in [5.41, 5.74) is 7.45. The van der Waals surface area contributed by atoms with Crippen LogP contribution in [0.4, 0.5) is 15.8 Å². The van der Waals surface area contributed by atoms with Crippen LogP contribution < -0.4 is 15.8 Å². The van der Waals surface area contributed by atoms with Crippen molar-refractivity contribution in [2.75, 3.05) is 18.1 Å². The molecular formula is C14H16FN3O2S. The van der Waals surface area contributed by atoms with E-state index in [1.165, 1.54) is 37.4 Å². The van der Waals surface area contributed by atoms with Crippen molar-refractivity contribution in [3.63, 3.8) is 0 Å². The molecule has 112 valence electrons. The Morgan fingerprint density at radius 1 is 1.19 bits per heavy atom. The van der Waals surface area contributed by atoms with E-state index in [1.54, 1.807) is 12.1 Å². The van der Waals surface area contributed by atoms with Crippen LogP contribution in [0, 0.1) is 5.82 Å². The molecule has 0 unspecified atom stereocenters. The van der Waals surface area contributed by atoms with Crippen molar-refractivity contribution in [1.29, 1.82) is 0 Å². The van der Waals surface area contributed by atoms with E-state index in [-0.39, 0.29) is 10.7 Å². The number of hydrogen-bond donors (Lipinski definition) is 3. The van der Waals surface area contributed by atoms with E-state index in [0.717, 1.165) is 5.56 Å². The molecule has 0 spiro atoms. The predicted molar refractivity (Wildman–Crippen MR) is 80.8 cm³/mol. The fraction of sp³-hybridized carbons (Fsp3) is 0.143. The van der Waals surface area contributed by atoms with Gasteiger partial charge >= 0.3 is 0 Å². The van der Waals surface area contributed by atoms with Gasteiger partial charge in [0.15, 0.2) is 0 Å². The molecule has 5 nitrogen and oxygen atoms in total. The van der Waals surface area contributed by atoms with Gasteiger partial charge in [0, 0.05) is 6.54 Å². The van der Waals surface area contributed by atoms with Gasteiger partial charge in [0.05, 0.1) is 16.3 Å². The van der Waals surface area contributed by atoms with Crippen LogP contribution in [0.15, 0.2) is 47.4 Å². The molecule has 2 aromatic carbocycles. The van der Waals surface area contributed by atoms with Gasteiger partial charge in [0.1, 0.15) is 5.82 Å². The van der Waals surface area contributed by atoms with Crippen LogP contribution >= 0.6 is 0 Å². The van der Waals surface area contributed by atoms with Crippen LogP contribution in [0.2, 0.25) is 0 Å². The molecule has 0 bridgehead atoms. The second-order valence-corrected chi connectivity index (χ2v) is 6.33. The topological polar surface area (TPSA) is 84.2 Å². The zero-order valence-electron chi connectivity index (χ0n) is 11.4. The van der Waals surface area contributed by atoms with E-state index in [2.05, 4.69) is 10.0 Å². The van der Waals surface area contributed by atoms with E-state index >= 15 is 0 Å². The Bertz CT molecular complexity index is 748. The summed E-state index contributed by atoms with van der Waals surface area (Å²) in [7, 11) is -2.19. The molecule has 0 amide bonds. The van der Waals surface area contributed by atoms with Crippen molar-refractivity contribution in [1.82, 2.24) is 4.72 Å². The molecule has 0 saturated heterocycles. The van der Waals surface area contributed by atoms with Crippen molar-refractivity contribution < 1.29 is 12.8 Å². The van der Waals surface area contributed by atoms with Crippen molar-refractivity contribution in [3.05, 3.63) is 53.8 Å². The summed E-state index contributed by atoms with van der Waals surface area (Å²) in [5, 5.41) is 3.01. The maximum Gasteiger partial charge on any atom is 0.240 e. The van der Waals surface area contributed by atoms with Crippen molar-refractivity contribution >= 4 is 21.4 Å². The first-order chi connectivity index (χ1) is 9.92. The minimum absolute atomic E-state index is 0.112. The number of hydrogen-bond acceptors (Lipinski definition) is 4. The van der Waals surface area contributed by atoms with Gasteiger partial charge in [0.2, 0.25) is 10.0 Å². The van der Waals surface area contributed by atoms with Crippen molar-refractivity contribution in [3.8, 4) is 0 Å². The molecule has 0 saturated carbocycles. The van der Waals surface area contributed by atoms with Crippen LogP contribution in [-0.2, 0) is 16.6 Å². The molecule has 4 N–H and O–H groups in total. The highest BCUT2D eigenvalue weighted by molar-refractivity contribution is 7.89. The molecule has 0 aromatic heterocycles. The van der Waals surface area contributed by atoms with Gasteiger partial charge < -0.3 is 11.1 Å². The second kappa shape index (κ2) is 6.11. The maximum absolute atomic E-state index is 13.1. The third-order valence-electron chi connectivity index (χ3n) is 2.98. The fourth-order valence-electron chi connectivity index (χ4n) is 1.82. The molecule has 0 radical (unpaired) electrons. The molecule has 0 heterocycles. The van der Waals surface area contributed by atoms with Crippen molar-refractivity contribution in [2.24, 2.45) is 0 Å². The Kier molecular flexibility index (Phi) is 4.44. The number of nitrogens with two attached hydrogens (primary N) is 1. The minimum atomic E-state index is -3.53. The summed E-state index contributed by atoms with van der Waals surface area (Å²) in [6.07, 6.45) is 0. The van der Waals surface area contributed by atoms with Gasteiger partial charge in [0.25, 0.3) is 0 Å². The first-order valence-corrected chi connectivity index (χ1v) is 7.72. The Labute approximate surface area is 123 Å². The van der Waals surface area contributed by atoms with Crippen LogP contribution in [0.25, 0.3) is 0 Å².